The van der Waals surface area contributed by atoms with Gasteiger partial charge in [0.25, 0.3) is 5.91 Å². The van der Waals surface area contributed by atoms with Crippen molar-refractivity contribution in [2.75, 3.05) is 6.54 Å². The zero-order chi connectivity index (χ0) is 26.5. The Hall–Kier alpha value is -3.35. The largest absolute Gasteiger partial charge is 0.481 e. The fraction of sp³-hybridized carbons (Fsp3) is 0.267. The van der Waals surface area contributed by atoms with Crippen molar-refractivity contribution in [2.24, 2.45) is 0 Å². The van der Waals surface area contributed by atoms with Crippen LogP contribution in [0, 0.1) is 13.8 Å². The van der Waals surface area contributed by atoms with Crippen molar-refractivity contribution < 1.29 is 19.4 Å². The van der Waals surface area contributed by atoms with Crippen molar-refractivity contribution in [2.45, 2.75) is 46.5 Å². The Kier molecular flexibility index (Phi) is 8.52. The van der Waals surface area contributed by atoms with Crippen molar-refractivity contribution >= 4 is 44.9 Å². The average Bonchev–Trinajstić information content (AvgIpc) is 3.18. The molecule has 0 aliphatic carbocycles. The summed E-state index contributed by atoms with van der Waals surface area (Å²) in [6, 6.07) is 17.6. The molecule has 0 saturated heterocycles. The van der Waals surface area contributed by atoms with E-state index in [0.717, 1.165) is 55.8 Å². The van der Waals surface area contributed by atoms with Gasteiger partial charge in [-0.1, -0.05) is 30.7 Å². The first-order chi connectivity index (χ1) is 17.7. The number of carboxylic acid groups (broad SMARTS) is 1. The molecule has 4 aromatic rings. The van der Waals surface area contributed by atoms with Crippen molar-refractivity contribution in [1.29, 1.82) is 0 Å². The molecule has 0 aliphatic heterocycles. The number of halogens is 1. The van der Waals surface area contributed by atoms with Gasteiger partial charge in [-0.15, -0.1) is 11.3 Å². The third-order valence-corrected chi connectivity index (χ3v) is 7.82. The molecule has 0 fully saturated rings. The van der Waals surface area contributed by atoms with Crippen LogP contribution in [-0.4, -0.2) is 23.5 Å². The number of benzene rings is 3. The van der Waals surface area contributed by atoms with Crippen LogP contribution < -0.4 is 10.1 Å². The van der Waals surface area contributed by atoms with Crippen LogP contribution >= 0.6 is 22.9 Å². The third-order valence-electron chi connectivity index (χ3n) is 6.32. The summed E-state index contributed by atoms with van der Waals surface area (Å²) >= 11 is 7.61. The molecule has 0 bridgehead atoms. The summed E-state index contributed by atoms with van der Waals surface area (Å²) in [7, 11) is 0. The summed E-state index contributed by atoms with van der Waals surface area (Å²) < 4.78 is 7.22. The maximum atomic E-state index is 12.9. The Bertz CT molecular complexity index is 1460. The summed E-state index contributed by atoms with van der Waals surface area (Å²) in [4.78, 5) is 24.5. The van der Waals surface area contributed by atoms with Gasteiger partial charge in [0, 0.05) is 22.7 Å². The van der Waals surface area contributed by atoms with Crippen LogP contribution in [0.2, 0.25) is 5.02 Å². The highest BCUT2D eigenvalue weighted by Gasteiger charge is 2.15. The third kappa shape index (κ3) is 6.70. The molecule has 1 amide bonds. The molecule has 0 radical (unpaired) electrons. The van der Waals surface area contributed by atoms with E-state index in [1.54, 1.807) is 0 Å². The molecule has 2 N–H and O–H groups in total. The van der Waals surface area contributed by atoms with E-state index in [0.29, 0.717) is 29.3 Å². The van der Waals surface area contributed by atoms with Gasteiger partial charge in [0.05, 0.1) is 4.88 Å². The predicted octanol–water partition coefficient (Wildman–Crippen LogP) is 7.52. The van der Waals surface area contributed by atoms with E-state index in [4.69, 9.17) is 21.4 Å². The van der Waals surface area contributed by atoms with Crippen LogP contribution in [0.4, 0.5) is 0 Å². The molecule has 1 aromatic heterocycles. The molecule has 0 atom stereocenters. The summed E-state index contributed by atoms with van der Waals surface area (Å²) in [6.45, 7) is 6.54. The fourth-order valence-electron chi connectivity index (χ4n) is 4.45. The second-order valence-electron chi connectivity index (χ2n) is 9.14. The van der Waals surface area contributed by atoms with E-state index in [-0.39, 0.29) is 12.3 Å². The topological polar surface area (TPSA) is 75.6 Å². The number of carbonyl (C=O) groups excluding carboxylic acids is 1. The van der Waals surface area contributed by atoms with Gasteiger partial charge >= 0.3 is 5.97 Å². The number of nitrogens with one attached hydrogen (secondary N) is 1. The molecule has 7 heteroatoms. The Morgan fingerprint density at radius 1 is 0.973 bits per heavy atom. The lowest BCUT2D eigenvalue weighted by atomic mass is 10.0. The smallest absolute Gasteiger partial charge is 0.303 e. The lowest BCUT2D eigenvalue weighted by Gasteiger charge is -2.13. The van der Waals surface area contributed by atoms with Gasteiger partial charge in [-0.2, -0.15) is 0 Å². The van der Waals surface area contributed by atoms with Crippen molar-refractivity contribution in [3.8, 4) is 11.5 Å². The van der Waals surface area contributed by atoms with Gasteiger partial charge in [0.15, 0.2) is 0 Å². The van der Waals surface area contributed by atoms with Gasteiger partial charge in [-0.25, -0.2) is 0 Å². The number of hydrogen-bond donors (Lipinski definition) is 2. The van der Waals surface area contributed by atoms with Crippen molar-refractivity contribution in [3.63, 3.8) is 0 Å². The summed E-state index contributed by atoms with van der Waals surface area (Å²) in [5.74, 6) is 0.587. The standard InChI is InChI=1S/C30H30ClNO4S/c1-4-21-16-24(8-5-22(21)6-10-28(33)34)36-25-14-18(2)13-20(15-25)11-12-32-30(35)29-19(3)26-17-23(31)7-9-27(26)37-29/h5,7-9,13-17H,4,6,10-12H2,1-3H3,(H,32,35)(H,33,34). The quantitative estimate of drug-likeness (QED) is 0.220. The minimum atomic E-state index is -0.797. The number of amides is 1. The molecule has 192 valence electrons. The summed E-state index contributed by atoms with van der Waals surface area (Å²) in [6.07, 6.45) is 2.10. The van der Waals surface area contributed by atoms with E-state index in [2.05, 4.69) is 18.3 Å². The summed E-state index contributed by atoms with van der Waals surface area (Å²) in [5.41, 5.74) is 5.23. The van der Waals surface area contributed by atoms with E-state index < -0.39 is 5.97 Å². The van der Waals surface area contributed by atoms with Crippen LogP contribution in [-0.2, 0) is 24.1 Å². The Morgan fingerprint density at radius 3 is 2.54 bits per heavy atom. The van der Waals surface area contributed by atoms with Gasteiger partial charge in [0.2, 0.25) is 0 Å². The van der Waals surface area contributed by atoms with Gasteiger partial charge < -0.3 is 15.2 Å². The fourth-order valence-corrected chi connectivity index (χ4v) is 5.73. The lowest BCUT2D eigenvalue weighted by molar-refractivity contribution is -0.136. The van der Waals surface area contributed by atoms with Gasteiger partial charge in [-0.05, 0) is 109 Å². The Morgan fingerprint density at radius 2 is 1.78 bits per heavy atom. The van der Waals surface area contributed by atoms with E-state index in [1.807, 2.05) is 62.4 Å². The molecule has 0 spiro atoms. The average molecular weight is 536 g/mol. The number of thiophene rings is 1. The molecule has 0 saturated carbocycles. The molecule has 0 aliphatic rings. The summed E-state index contributed by atoms with van der Waals surface area (Å²) in [5, 5.41) is 13.7. The molecule has 1 heterocycles. The minimum Gasteiger partial charge on any atom is -0.481 e. The number of ether oxygens (including phenoxy) is 1. The van der Waals surface area contributed by atoms with Gasteiger partial charge in [0.1, 0.15) is 11.5 Å². The normalized spacial score (nSPS) is 11.0. The Labute approximate surface area is 226 Å². The van der Waals surface area contributed by atoms with Crippen LogP contribution in [0.25, 0.3) is 10.1 Å². The molecule has 0 unspecified atom stereocenters. The first-order valence-corrected chi connectivity index (χ1v) is 13.5. The van der Waals surface area contributed by atoms with Crippen LogP contribution in [0.15, 0.2) is 54.6 Å². The lowest BCUT2D eigenvalue weighted by Crippen LogP contribution is -2.25. The molecule has 3 aromatic carbocycles. The monoisotopic (exact) mass is 535 g/mol. The molecule has 4 rings (SSSR count). The number of carboxylic acids is 1. The predicted molar refractivity (Wildman–Crippen MR) is 151 cm³/mol. The highest BCUT2D eigenvalue weighted by molar-refractivity contribution is 7.21. The number of aliphatic carboxylic acids is 1. The molecular weight excluding hydrogens is 506 g/mol. The Balaban J connectivity index is 1.40. The SMILES string of the molecule is CCc1cc(Oc2cc(C)cc(CCNC(=O)c3sc4ccc(Cl)cc4c3C)c2)ccc1CCC(=O)O. The number of fused-ring (bicyclic) bond motifs is 1. The highest BCUT2D eigenvalue weighted by atomic mass is 35.5. The number of rotatable bonds is 10. The second-order valence-corrected chi connectivity index (χ2v) is 10.6. The highest BCUT2D eigenvalue weighted by Crippen LogP contribution is 2.32. The van der Waals surface area contributed by atoms with E-state index >= 15 is 0 Å². The van der Waals surface area contributed by atoms with E-state index in [1.165, 1.54) is 11.3 Å². The molecule has 5 nitrogen and oxygen atoms in total. The van der Waals surface area contributed by atoms with E-state index in [9.17, 15) is 9.59 Å². The maximum Gasteiger partial charge on any atom is 0.303 e. The second kappa shape index (κ2) is 11.8. The number of aryl methyl sites for hydroxylation is 4. The zero-order valence-corrected chi connectivity index (χ0v) is 22.8. The maximum absolute atomic E-state index is 12.9. The van der Waals surface area contributed by atoms with Crippen LogP contribution in [0.1, 0.15) is 50.8 Å². The minimum absolute atomic E-state index is 0.0750. The number of hydrogen-bond acceptors (Lipinski definition) is 4. The van der Waals surface area contributed by atoms with Gasteiger partial charge in [-0.3, -0.25) is 9.59 Å². The van der Waals surface area contributed by atoms with Crippen molar-refractivity contribution in [3.05, 3.63) is 92.3 Å². The molecular formula is C30H30ClNO4S. The van der Waals surface area contributed by atoms with Crippen molar-refractivity contribution in [1.82, 2.24) is 5.32 Å². The molecule has 37 heavy (non-hydrogen) atoms. The first-order valence-electron chi connectivity index (χ1n) is 12.3. The first kappa shape index (κ1) is 26.7. The number of carbonyl (C=O) groups is 2. The van der Waals surface area contributed by atoms with Crippen LogP contribution in [0.5, 0.6) is 11.5 Å². The van der Waals surface area contributed by atoms with Crippen LogP contribution in [0.3, 0.4) is 0 Å². The zero-order valence-electron chi connectivity index (χ0n) is 21.2.